The van der Waals surface area contributed by atoms with Gasteiger partial charge in [-0.3, -0.25) is 0 Å². The molecule has 0 radical (unpaired) electrons. The number of halogens is 1. The van der Waals surface area contributed by atoms with Gasteiger partial charge in [-0.2, -0.15) is 0 Å². The van der Waals surface area contributed by atoms with Gasteiger partial charge in [-0.05, 0) is 31.5 Å². The zero-order valence-electron chi connectivity index (χ0n) is 7.11. The van der Waals surface area contributed by atoms with Gasteiger partial charge in [0.25, 0.3) is 0 Å². The Labute approximate surface area is 76.4 Å². The van der Waals surface area contributed by atoms with E-state index in [1.807, 2.05) is 19.1 Å². The fourth-order valence-electron chi connectivity index (χ4n) is 1.46. The summed E-state index contributed by atoms with van der Waals surface area (Å²) >= 11 is 6.02. The van der Waals surface area contributed by atoms with Gasteiger partial charge in [0.2, 0.25) is 0 Å². The van der Waals surface area contributed by atoms with Crippen LogP contribution in [0.4, 0.5) is 0 Å². The SMILES string of the molecule is Cc1cc2c(Cl)ccc(C)c2[nH]1. The van der Waals surface area contributed by atoms with Crippen LogP contribution in [-0.4, -0.2) is 4.98 Å². The van der Waals surface area contributed by atoms with Crippen LogP contribution in [0.3, 0.4) is 0 Å². The number of aromatic nitrogens is 1. The third-order valence-corrected chi connectivity index (χ3v) is 2.41. The lowest BCUT2D eigenvalue weighted by molar-refractivity contribution is 1.29. The normalized spacial score (nSPS) is 10.9. The van der Waals surface area contributed by atoms with E-state index in [0.29, 0.717) is 0 Å². The van der Waals surface area contributed by atoms with E-state index in [1.165, 1.54) is 5.56 Å². The number of hydrogen-bond acceptors (Lipinski definition) is 0. The molecule has 0 atom stereocenters. The summed E-state index contributed by atoms with van der Waals surface area (Å²) in [7, 11) is 0. The van der Waals surface area contributed by atoms with E-state index in [4.69, 9.17) is 11.6 Å². The Bertz CT molecular complexity index is 390. The second-order valence-corrected chi connectivity index (χ2v) is 3.51. The van der Waals surface area contributed by atoms with E-state index >= 15 is 0 Å². The first kappa shape index (κ1) is 7.69. The van der Waals surface area contributed by atoms with Crippen LogP contribution in [0.5, 0.6) is 0 Å². The highest BCUT2D eigenvalue weighted by atomic mass is 35.5. The van der Waals surface area contributed by atoms with Crippen molar-refractivity contribution in [3.05, 3.63) is 34.5 Å². The Morgan fingerprint density at radius 1 is 1.25 bits per heavy atom. The van der Waals surface area contributed by atoms with Gasteiger partial charge in [0, 0.05) is 16.1 Å². The van der Waals surface area contributed by atoms with Gasteiger partial charge >= 0.3 is 0 Å². The first-order valence-corrected chi connectivity index (χ1v) is 4.30. The predicted molar refractivity (Wildman–Crippen MR) is 52.8 cm³/mol. The molecule has 1 heterocycles. The standard InChI is InChI=1S/C10H10ClN/c1-6-3-4-9(11)8-5-7(2)12-10(6)8/h3-5,12H,1-2H3. The minimum atomic E-state index is 0.819. The van der Waals surface area contributed by atoms with Gasteiger partial charge in [0.05, 0.1) is 5.52 Å². The van der Waals surface area contributed by atoms with Gasteiger partial charge in [0.1, 0.15) is 0 Å². The van der Waals surface area contributed by atoms with E-state index in [2.05, 4.69) is 18.0 Å². The molecule has 0 aliphatic heterocycles. The van der Waals surface area contributed by atoms with Gasteiger partial charge < -0.3 is 4.98 Å². The summed E-state index contributed by atoms with van der Waals surface area (Å²) in [5, 5.41) is 1.94. The van der Waals surface area contributed by atoms with Crippen molar-refractivity contribution in [2.75, 3.05) is 0 Å². The maximum Gasteiger partial charge on any atom is 0.0500 e. The maximum atomic E-state index is 6.02. The van der Waals surface area contributed by atoms with Gasteiger partial charge in [0.15, 0.2) is 0 Å². The zero-order chi connectivity index (χ0) is 8.72. The molecule has 1 N–H and O–H groups in total. The molecule has 2 rings (SSSR count). The molecule has 2 heteroatoms. The van der Waals surface area contributed by atoms with Crippen molar-refractivity contribution in [1.82, 2.24) is 4.98 Å². The van der Waals surface area contributed by atoms with Crippen LogP contribution in [0, 0.1) is 13.8 Å². The molecule has 1 nitrogen and oxygen atoms in total. The molecule has 12 heavy (non-hydrogen) atoms. The third kappa shape index (κ3) is 1.01. The van der Waals surface area contributed by atoms with Crippen molar-refractivity contribution in [3.8, 4) is 0 Å². The summed E-state index contributed by atoms with van der Waals surface area (Å²) in [5.74, 6) is 0. The molecular weight excluding hydrogens is 170 g/mol. The number of benzene rings is 1. The molecule has 1 aromatic carbocycles. The van der Waals surface area contributed by atoms with Gasteiger partial charge in [-0.25, -0.2) is 0 Å². The Morgan fingerprint density at radius 3 is 2.67 bits per heavy atom. The Hall–Kier alpha value is -0.950. The molecule has 62 valence electrons. The molecule has 0 aliphatic carbocycles. The van der Waals surface area contributed by atoms with Gasteiger partial charge in [-0.15, -0.1) is 0 Å². The van der Waals surface area contributed by atoms with E-state index in [0.717, 1.165) is 21.6 Å². The summed E-state index contributed by atoms with van der Waals surface area (Å²) in [4.78, 5) is 3.28. The minimum Gasteiger partial charge on any atom is -0.358 e. The molecule has 0 amide bonds. The molecule has 0 spiro atoms. The van der Waals surface area contributed by atoms with Crippen molar-refractivity contribution in [1.29, 1.82) is 0 Å². The molecule has 2 aromatic rings. The fourth-order valence-corrected chi connectivity index (χ4v) is 1.67. The van der Waals surface area contributed by atoms with Crippen molar-refractivity contribution < 1.29 is 0 Å². The molecule has 0 fully saturated rings. The summed E-state index contributed by atoms with van der Waals surface area (Å²) < 4.78 is 0. The highest BCUT2D eigenvalue weighted by molar-refractivity contribution is 6.35. The van der Waals surface area contributed by atoms with E-state index in [1.54, 1.807) is 0 Å². The molecule has 0 saturated heterocycles. The Morgan fingerprint density at radius 2 is 2.00 bits per heavy atom. The largest absolute Gasteiger partial charge is 0.358 e. The highest BCUT2D eigenvalue weighted by Crippen LogP contribution is 2.26. The summed E-state index contributed by atoms with van der Waals surface area (Å²) in [6.07, 6.45) is 0. The van der Waals surface area contributed by atoms with Crippen molar-refractivity contribution >= 4 is 22.5 Å². The lowest BCUT2D eigenvalue weighted by atomic mass is 10.2. The number of nitrogens with one attached hydrogen (secondary N) is 1. The highest BCUT2D eigenvalue weighted by Gasteiger charge is 2.03. The summed E-state index contributed by atoms with van der Waals surface area (Å²) in [6, 6.07) is 6.04. The number of hydrogen-bond donors (Lipinski definition) is 1. The van der Waals surface area contributed by atoms with Crippen LogP contribution in [0.25, 0.3) is 10.9 Å². The number of rotatable bonds is 0. The van der Waals surface area contributed by atoms with E-state index in [-0.39, 0.29) is 0 Å². The average molecular weight is 180 g/mol. The second kappa shape index (κ2) is 2.53. The van der Waals surface area contributed by atoms with Crippen LogP contribution in [0.1, 0.15) is 11.3 Å². The van der Waals surface area contributed by atoms with Crippen LogP contribution in [0.15, 0.2) is 18.2 Å². The predicted octanol–water partition coefficient (Wildman–Crippen LogP) is 3.44. The fraction of sp³-hybridized carbons (Fsp3) is 0.200. The van der Waals surface area contributed by atoms with E-state index in [9.17, 15) is 0 Å². The number of aryl methyl sites for hydroxylation is 2. The molecule has 0 saturated carbocycles. The van der Waals surface area contributed by atoms with Crippen molar-refractivity contribution in [2.45, 2.75) is 13.8 Å². The Kier molecular flexibility index (Phi) is 1.62. The first-order chi connectivity index (χ1) is 5.68. The topological polar surface area (TPSA) is 15.8 Å². The van der Waals surface area contributed by atoms with Crippen molar-refractivity contribution in [3.63, 3.8) is 0 Å². The first-order valence-electron chi connectivity index (χ1n) is 3.93. The summed E-state index contributed by atoms with van der Waals surface area (Å²) in [6.45, 7) is 4.12. The Balaban J connectivity index is 2.93. The van der Waals surface area contributed by atoms with E-state index < -0.39 is 0 Å². The molecular formula is C10H10ClN. The smallest absolute Gasteiger partial charge is 0.0500 e. The minimum absolute atomic E-state index is 0.819. The quantitative estimate of drug-likeness (QED) is 0.638. The lowest BCUT2D eigenvalue weighted by Gasteiger charge is -1.96. The summed E-state index contributed by atoms with van der Waals surface area (Å²) in [5.41, 5.74) is 3.55. The molecule has 0 bridgehead atoms. The third-order valence-electron chi connectivity index (χ3n) is 2.08. The van der Waals surface area contributed by atoms with Crippen LogP contribution >= 0.6 is 11.6 Å². The van der Waals surface area contributed by atoms with Gasteiger partial charge in [-0.1, -0.05) is 17.7 Å². The number of H-pyrrole nitrogens is 1. The lowest BCUT2D eigenvalue weighted by Crippen LogP contribution is -1.76. The molecule has 0 unspecified atom stereocenters. The molecule has 1 aromatic heterocycles. The van der Waals surface area contributed by atoms with Crippen molar-refractivity contribution in [2.24, 2.45) is 0 Å². The van der Waals surface area contributed by atoms with Crippen LogP contribution in [0.2, 0.25) is 5.02 Å². The zero-order valence-corrected chi connectivity index (χ0v) is 7.87. The number of fused-ring (bicyclic) bond motifs is 1. The van der Waals surface area contributed by atoms with Crippen LogP contribution < -0.4 is 0 Å². The second-order valence-electron chi connectivity index (χ2n) is 3.11. The van der Waals surface area contributed by atoms with Crippen LogP contribution in [-0.2, 0) is 0 Å². The molecule has 0 aliphatic rings. The maximum absolute atomic E-state index is 6.02. The average Bonchev–Trinajstić information content (AvgIpc) is 2.41. The monoisotopic (exact) mass is 179 g/mol. The number of aromatic amines is 1.